The zero-order valence-corrected chi connectivity index (χ0v) is 18.7. The lowest BCUT2D eigenvalue weighted by molar-refractivity contribution is -0.143. The van der Waals surface area contributed by atoms with Gasteiger partial charge in [-0.3, -0.25) is 9.59 Å². The summed E-state index contributed by atoms with van der Waals surface area (Å²) in [5.41, 5.74) is -0.175. The number of carbonyl (C=O) groups is 2. The van der Waals surface area contributed by atoms with Gasteiger partial charge in [0.2, 0.25) is 5.43 Å². The largest absolute Gasteiger partial charge is 0.465 e. The number of ether oxygens (including phenoxy) is 2. The molecule has 7 nitrogen and oxygen atoms in total. The number of aromatic nitrogens is 1. The molecule has 3 aromatic rings. The van der Waals surface area contributed by atoms with Crippen LogP contribution in [0.4, 0.5) is 4.39 Å². The molecule has 0 aliphatic carbocycles. The van der Waals surface area contributed by atoms with Gasteiger partial charge in [-0.05, 0) is 43.7 Å². The third-order valence-electron chi connectivity index (χ3n) is 4.92. The number of hydrogen-bond acceptors (Lipinski definition) is 6. The van der Waals surface area contributed by atoms with Crippen LogP contribution in [0.3, 0.4) is 0 Å². The van der Waals surface area contributed by atoms with E-state index in [-0.39, 0.29) is 41.8 Å². The molecule has 2 aromatic carbocycles. The van der Waals surface area contributed by atoms with Crippen molar-refractivity contribution in [3.05, 3.63) is 80.3 Å². The van der Waals surface area contributed by atoms with E-state index in [9.17, 15) is 24.0 Å². The zero-order chi connectivity index (χ0) is 24.1. The van der Waals surface area contributed by atoms with Gasteiger partial charge in [0.1, 0.15) is 11.4 Å². The maximum atomic E-state index is 15.0. The lowest BCUT2D eigenvalue weighted by atomic mass is 9.97. The van der Waals surface area contributed by atoms with E-state index in [1.165, 1.54) is 12.3 Å². The Bertz CT molecular complexity index is 1310. The maximum absolute atomic E-state index is 15.0. The minimum Gasteiger partial charge on any atom is -0.465 e. The minimum absolute atomic E-state index is 0.0242. The molecule has 0 radical (unpaired) electrons. The molecule has 0 amide bonds. The van der Waals surface area contributed by atoms with Crippen LogP contribution in [0, 0.1) is 17.1 Å². The van der Waals surface area contributed by atoms with Crippen LogP contribution in [0.2, 0.25) is 5.02 Å². The van der Waals surface area contributed by atoms with Crippen LogP contribution in [0.15, 0.2) is 47.4 Å². The van der Waals surface area contributed by atoms with Gasteiger partial charge in [-0.15, -0.1) is 0 Å². The Kier molecular flexibility index (Phi) is 7.46. The number of nitrogens with zero attached hydrogens (tertiary/aromatic N) is 2. The van der Waals surface area contributed by atoms with E-state index in [0.29, 0.717) is 5.02 Å². The van der Waals surface area contributed by atoms with E-state index in [0.717, 1.165) is 11.6 Å². The Labute approximate surface area is 193 Å². The van der Waals surface area contributed by atoms with Gasteiger partial charge in [0.05, 0.1) is 24.8 Å². The van der Waals surface area contributed by atoms with Gasteiger partial charge in [-0.2, -0.15) is 5.26 Å². The highest BCUT2D eigenvalue weighted by atomic mass is 35.5. The maximum Gasteiger partial charge on any atom is 0.343 e. The van der Waals surface area contributed by atoms with Crippen molar-refractivity contribution < 1.29 is 23.5 Å². The Morgan fingerprint density at radius 2 is 1.82 bits per heavy atom. The molecule has 33 heavy (non-hydrogen) atoms. The van der Waals surface area contributed by atoms with Crippen molar-refractivity contribution in [3.63, 3.8) is 0 Å². The van der Waals surface area contributed by atoms with Gasteiger partial charge in [-0.25, -0.2) is 9.18 Å². The second-order valence-electron chi connectivity index (χ2n) is 7.05. The molecule has 0 saturated heterocycles. The molecule has 0 N–H and O–H groups in total. The summed E-state index contributed by atoms with van der Waals surface area (Å²) in [6, 6.07) is 10.8. The fraction of sp³-hybridized carbons (Fsp3) is 0.250. The molecule has 1 aromatic heterocycles. The number of esters is 2. The van der Waals surface area contributed by atoms with Gasteiger partial charge in [0.15, 0.2) is 5.92 Å². The molecule has 0 aliphatic heterocycles. The van der Waals surface area contributed by atoms with E-state index in [1.54, 1.807) is 48.7 Å². The highest BCUT2D eigenvalue weighted by Crippen LogP contribution is 2.26. The summed E-state index contributed by atoms with van der Waals surface area (Å²) in [6.07, 6.45) is 1.32. The molecular weight excluding hydrogens is 451 g/mol. The summed E-state index contributed by atoms with van der Waals surface area (Å²) >= 11 is 5.95. The number of pyridine rings is 1. The van der Waals surface area contributed by atoms with E-state index < -0.39 is 29.1 Å². The molecule has 0 bridgehead atoms. The standard InChI is InChI=1S/C24H20ClFN2O5/c1-3-32-23(30)18(11-27)16-10-21-17(9-20(16)26)22(29)19(24(31)33-4-2)13-28(21)12-14-5-7-15(25)8-6-14/h5-10,13,18H,3-4,12H2,1-2H3. The lowest BCUT2D eigenvalue weighted by Crippen LogP contribution is -2.22. The quantitative estimate of drug-likeness (QED) is 0.480. The van der Waals surface area contributed by atoms with Gasteiger partial charge >= 0.3 is 11.9 Å². The van der Waals surface area contributed by atoms with E-state index >= 15 is 0 Å². The first-order valence-electron chi connectivity index (χ1n) is 10.1. The SMILES string of the molecule is CCOC(=O)c1cn(Cc2ccc(Cl)cc2)c2cc(C(C#N)C(=O)OCC)c(F)cc2c1=O. The van der Waals surface area contributed by atoms with Crippen molar-refractivity contribution in [2.75, 3.05) is 13.2 Å². The molecule has 0 spiro atoms. The van der Waals surface area contributed by atoms with Gasteiger partial charge in [0.25, 0.3) is 0 Å². The van der Waals surface area contributed by atoms with Crippen LogP contribution < -0.4 is 5.43 Å². The summed E-state index contributed by atoms with van der Waals surface area (Å²) < 4.78 is 26.4. The van der Waals surface area contributed by atoms with Crippen molar-refractivity contribution in [2.45, 2.75) is 26.3 Å². The van der Waals surface area contributed by atoms with Crippen molar-refractivity contribution in [1.82, 2.24) is 4.57 Å². The van der Waals surface area contributed by atoms with Gasteiger partial charge in [-0.1, -0.05) is 23.7 Å². The fourth-order valence-electron chi connectivity index (χ4n) is 3.39. The first-order valence-corrected chi connectivity index (χ1v) is 10.5. The van der Waals surface area contributed by atoms with Crippen LogP contribution >= 0.6 is 11.6 Å². The monoisotopic (exact) mass is 470 g/mol. The number of fused-ring (bicyclic) bond motifs is 1. The Morgan fingerprint density at radius 3 is 2.42 bits per heavy atom. The van der Waals surface area contributed by atoms with Gasteiger partial charge < -0.3 is 14.0 Å². The molecule has 9 heteroatoms. The summed E-state index contributed by atoms with van der Waals surface area (Å²) in [4.78, 5) is 37.6. The molecule has 1 unspecified atom stereocenters. The highest BCUT2D eigenvalue weighted by molar-refractivity contribution is 6.30. The molecule has 0 saturated carbocycles. The number of rotatable bonds is 7. The van der Waals surface area contributed by atoms with Gasteiger partial charge in [0, 0.05) is 28.7 Å². The van der Waals surface area contributed by atoms with Crippen molar-refractivity contribution in [1.29, 1.82) is 5.26 Å². The van der Waals surface area contributed by atoms with Crippen LogP contribution in [-0.4, -0.2) is 29.7 Å². The third-order valence-corrected chi connectivity index (χ3v) is 5.17. The van der Waals surface area contributed by atoms with Crippen LogP contribution in [-0.2, 0) is 20.8 Å². The molecular formula is C24H20ClFN2O5. The van der Waals surface area contributed by atoms with E-state index in [1.807, 2.05) is 0 Å². The normalized spacial score (nSPS) is 11.6. The molecule has 1 atom stereocenters. The Balaban J connectivity index is 2.27. The average molecular weight is 471 g/mol. The Morgan fingerprint density at radius 1 is 1.15 bits per heavy atom. The summed E-state index contributed by atoms with van der Waals surface area (Å²) in [7, 11) is 0. The summed E-state index contributed by atoms with van der Waals surface area (Å²) in [6.45, 7) is 3.46. The van der Waals surface area contributed by atoms with Crippen LogP contribution in [0.25, 0.3) is 10.9 Å². The van der Waals surface area contributed by atoms with Crippen LogP contribution in [0.1, 0.15) is 41.3 Å². The number of benzene rings is 2. The fourth-order valence-corrected chi connectivity index (χ4v) is 3.52. The summed E-state index contributed by atoms with van der Waals surface area (Å²) in [5, 5.41) is 9.92. The van der Waals surface area contributed by atoms with Crippen molar-refractivity contribution in [2.24, 2.45) is 0 Å². The zero-order valence-electron chi connectivity index (χ0n) is 17.9. The third kappa shape index (κ3) is 5.04. The number of halogens is 2. The number of hydrogen-bond donors (Lipinski definition) is 0. The number of carbonyl (C=O) groups excluding carboxylic acids is 2. The molecule has 0 aliphatic rings. The first kappa shape index (κ1) is 24.0. The molecule has 3 rings (SSSR count). The smallest absolute Gasteiger partial charge is 0.343 e. The number of nitriles is 1. The molecule has 1 heterocycles. The van der Waals surface area contributed by atoms with E-state index in [4.69, 9.17) is 21.1 Å². The second-order valence-corrected chi connectivity index (χ2v) is 7.49. The van der Waals surface area contributed by atoms with Crippen molar-refractivity contribution >= 4 is 34.4 Å². The first-order chi connectivity index (χ1) is 15.8. The predicted molar refractivity (Wildman–Crippen MR) is 120 cm³/mol. The second kappa shape index (κ2) is 10.3. The topological polar surface area (TPSA) is 98.4 Å². The predicted octanol–water partition coefficient (Wildman–Crippen LogP) is 4.19. The summed E-state index contributed by atoms with van der Waals surface area (Å²) in [5.74, 6) is -4.18. The Hall–Kier alpha value is -3.70. The molecule has 170 valence electrons. The highest BCUT2D eigenvalue weighted by Gasteiger charge is 2.27. The van der Waals surface area contributed by atoms with Crippen molar-refractivity contribution in [3.8, 4) is 6.07 Å². The lowest BCUT2D eigenvalue weighted by Gasteiger charge is -2.16. The van der Waals surface area contributed by atoms with Crippen LogP contribution in [0.5, 0.6) is 0 Å². The van der Waals surface area contributed by atoms with E-state index in [2.05, 4.69) is 0 Å². The minimum atomic E-state index is -1.52. The molecule has 0 fully saturated rings. The average Bonchev–Trinajstić information content (AvgIpc) is 2.78.